The van der Waals surface area contributed by atoms with E-state index in [-0.39, 0.29) is 43.0 Å². The molecule has 0 saturated carbocycles. The van der Waals surface area contributed by atoms with E-state index in [1.165, 1.54) is 7.11 Å². The minimum absolute atomic E-state index is 0.00332. The number of ether oxygens (including phenoxy) is 1. The molecule has 7 nitrogen and oxygen atoms in total. The van der Waals surface area contributed by atoms with E-state index >= 15 is 0 Å². The van der Waals surface area contributed by atoms with Crippen LogP contribution >= 0.6 is 0 Å². The lowest BCUT2D eigenvalue weighted by molar-refractivity contribution is -0.123. The Labute approximate surface area is 157 Å². The fourth-order valence-corrected chi connectivity index (χ4v) is 4.25. The summed E-state index contributed by atoms with van der Waals surface area (Å²) in [5.74, 6) is -0.299. The topological polar surface area (TPSA) is 83.0 Å². The number of aliphatic hydroxyl groups excluding tert-OH is 1. The van der Waals surface area contributed by atoms with E-state index in [0.29, 0.717) is 12.1 Å². The van der Waals surface area contributed by atoms with Gasteiger partial charge in [0.1, 0.15) is 6.61 Å². The van der Waals surface area contributed by atoms with Gasteiger partial charge in [-0.15, -0.1) is 0 Å². The molecule has 2 aromatic rings. The third kappa shape index (κ3) is 2.79. The largest absolute Gasteiger partial charge is 0.394 e. The van der Waals surface area contributed by atoms with Crippen LogP contribution in [0, 0.1) is 0 Å². The highest BCUT2D eigenvalue weighted by Gasteiger charge is 2.55. The van der Waals surface area contributed by atoms with Gasteiger partial charge in [-0.25, -0.2) is 0 Å². The summed E-state index contributed by atoms with van der Waals surface area (Å²) in [6, 6.07) is 10.5. The fourth-order valence-electron chi connectivity index (χ4n) is 4.25. The smallest absolute Gasteiger partial charge is 0.254 e. The van der Waals surface area contributed by atoms with Crippen LogP contribution in [0.5, 0.6) is 0 Å². The number of amides is 2. The molecule has 0 radical (unpaired) electrons. The molecule has 0 aliphatic carbocycles. The molecule has 2 amide bonds. The van der Waals surface area contributed by atoms with Crippen molar-refractivity contribution in [3.63, 3.8) is 0 Å². The standard InChI is InChI=1S/C20H21N3O4/c1-27-12-18(25)22-10-16-19(14-4-2-3-5-15(14)22)17(11-24)23(16)20(26)13-6-8-21-9-7-13/h2-9,16-17,19,24H,10-12H2,1H3/t16-,17-,19+/m1/s1. The molecule has 3 heterocycles. The normalized spacial score (nSPS) is 23.3. The lowest BCUT2D eigenvalue weighted by Crippen LogP contribution is -2.70. The third-order valence-corrected chi connectivity index (χ3v) is 5.42. The Kier molecular flexibility index (Phi) is 4.63. The summed E-state index contributed by atoms with van der Waals surface area (Å²) in [7, 11) is 1.49. The Morgan fingerprint density at radius 3 is 2.67 bits per heavy atom. The van der Waals surface area contributed by atoms with Crippen LogP contribution in [-0.4, -0.2) is 65.8 Å². The van der Waals surface area contributed by atoms with Gasteiger partial charge in [0, 0.05) is 43.2 Å². The Balaban J connectivity index is 1.70. The molecular weight excluding hydrogens is 346 g/mol. The molecule has 2 aliphatic rings. The molecule has 1 aromatic carbocycles. The van der Waals surface area contributed by atoms with Gasteiger partial charge in [0.15, 0.2) is 0 Å². The highest BCUT2D eigenvalue weighted by molar-refractivity contribution is 5.98. The van der Waals surface area contributed by atoms with E-state index in [0.717, 1.165) is 11.3 Å². The summed E-state index contributed by atoms with van der Waals surface area (Å²) >= 11 is 0. The van der Waals surface area contributed by atoms with Gasteiger partial charge >= 0.3 is 0 Å². The van der Waals surface area contributed by atoms with Gasteiger partial charge in [0.25, 0.3) is 11.8 Å². The molecule has 1 fully saturated rings. The second-order valence-corrected chi connectivity index (χ2v) is 6.79. The number of hydrogen-bond donors (Lipinski definition) is 1. The van der Waals surface area contributed by atoms with Crippen molar-refractivity contribution in [2.45, 2.75) is 18.0 Å². The van der Waals surface area contributed by atoms with E-state index in [9.17, 15) is 14.7 Å². The van der Waals surface area contributed by atoms with Gasteiger partial charge in [-0.05, 0) is 23.8 Å². The van der Waals surface area contributed by atoms with Crippen LogP contribution in [0.4, 0.5) is 5.69 Å². The van der Waals surface area contributed by atoms with Crippen LogP contribution in [-0.2, 0) is 9.53 Å². The van der Waals surface area contributed by atoms with Crippen molar-refractivity contribution in [1.82, 2.24) is 9.88 Å². The summed E-state index contributed by atoms with van der Waals surface area (Å²) in [6.07, 6.45) is 3.14. The van der Waals surface area contributed by atoms with Crippen LogP contribution in [0.15, 0.2) is 48.8 Å². The average molecular weight is 367 g/mol. The molecular formula is C20H21N3O4. The average Bonchev–Trinajstić information content (AvgIpc) is 2.69. The molecule has 2 aliphatic heterocycles. The SMILES string of the molecule is COCC(=O)N1C[C@@H]2[C@H](c3ccccc31)[C@@H](CO)N2C(=O)c1ccncc1. The molecule has 140 valence electrons. The first-order valence-electron chi connectivity index (χ1n) is 8.89. The lowest BCUT2D eigenvalue weighted by atomic mass is 9.71. The van der Waals surface area contributed by atoms with Gasteiger partial charge in [-0.1, -0.05) is 18.2 Å². The third-order valence-electron chi connectivity index (χ3n) is 5.42. The van der Waals surface area contributed by atoms with Crippen LogP contribution in [0.1, 0.15) is 21.8 Å². The first kappa shape index (κ1) is 17.6. The molecule has 0 unspecified atom stereocenters. The first-order valence-corrected chi connectivity index (χ1v) is 8.89. The van der Waals surface area contributed by atoms with Gasteiger partial charge in [0.05, 0.1) is 18.7 Å². The summed E-state index contributed by atoms with van der Waals surface area (Å²) in [5, 5.41) is 9.97. The number of fused-ring (bicyclic) bond motifs is 3. The van der Waals surface area contributed by atoms with E-state index in [1.807, 2.05) is 24.3 Å². The maximum atomic E-state index is 13.0. The van der Waals surface area contributed by atoms with E-state index in [2.05, 4.69) is 4.98 Å². The summed E-state index contributed by atoms with van der Waals surface area (Å²) in [4.78, 5) is 32.9. The maximum Gasteiger partial charge on any atom is 0.254 e. The lowest BCUT2D eigenvalue weighted by Gasteiger charge is -2.58. The van der Waals surface area contributed by atoms with E-state index < -0.39 is 0 Å². The molecule has 27 heavy (non-hydrogen) atoms. The van der Waals surface area contributed by atoms with Gasteiger partial charge < -0.3 is 19.6 Å². The number of nitrogens with zero attached hydrogens (tertiary/aromatic N) is 3. The molecule has 4 rings (SSSR count). The molecule has 0 spiro atoms. The Hall–Kier alpha value is -2.77. The Morgan fingerprint density at radius 1 is 1.22 bits per heavy atom. The minimum atomic E-state index is -0.309. The number of benzene rings is 1. The van der Waals surface area contributed by atoms with Crippen LogP contribution in [0.2, 0.25) is 0 Å². The highest BCUT2D eigenvalue weighted by atomic mass is 16.5. The monoisotopic (exact) mass is 367 g/mol. The summed E-state index contributed by atoms with van der Waals surface area (Å²) < 4.78 is 5.02. The Bertz CT molecular complexity index is 857. The molecule has 7 heteroatoms. The fraction of sp³-hybridized carbons (Fsp3) is 0.350. The number of rotatable bonds is 4. The van der Waals surface area contributed by atoms with Crippen molar-refractivity contribution in [2.75, 3.05) is 31.8 Å². The van der Waals surface area contributed by atoms with E-state index in [4.69, 9.17) is 4.74 Å². The summed E-state index contributed by atoms with van der Waals surface area (Å²) in [6.45, 7) is 0.239. The quantitative estimate of drug-likeness (QED) is 0.873. The predicted molar refractivity (Wildman–Crippen MR) is 98.5 cm³/mol. The molecule has 3 atom stereocenters. The van der Waals surface area contributed by atoms with Crippen molar-refractivity contribution >= 4 is 17.5 Å². The number of aliphatic hydroxyl groups is 1. The van der Waals surface area contributed by atoms with Gasteiger partial charge in [0.2, 0.25) is 0 Å². The van der Waals surface area contributed by atoms with Crippen molar-refractivity contribution in [3.05, 3.63) is 59.9 Å². The predicted octanol–water partition coefficient (Wildman–Crippen LogP) is 1.04. The Morgan fingerprint density at radius 2 is 1.96 bits per heavy atom. The number of para-hydroxylation sites is 1. The summed E-state index contributed by atoms with van der Waals surface area (Å²) in [5.41, 5.74) is 2.34. The second-order valence-electron chi connectivity index (χ2n) is 6.79. The van der Waals surface area contributed by atoms with Crippen molar-refractivity contribution in [3.8, 4) is 0 Å². The van der Waals surface area contributed by atoms with Crippen molar-refractivity contribution < 1.29 is 19.4 Å². The van der Waals surface area contributed by atoms with Crippen LogP contribution in [0.3, 0.4) is 0 Å². The van der Waals surface area contributed by atoms with Gasteiger partial charge in [-0.3, -0.25) is 14.6 Å². The number of carbonyl (C=O) groups is 2. The minimum Gasteiger partial charge on any atom is -0.394 e. The van der Waals surface area contributed by atoms with Crippen molar-refractivity contribution in [2.24, 2.45) is 0 Å². The van der Waals surface area contributed by atoms with Crippen LogP contribution in [0.25, 0.3) is 0 Å². The number of hydrogen-bond acceptors (Lipinski definition) is 5. The highest BCUT2D eigenvalue weighted by Crippen LogP contribution is 2.48. The van der Waals surface area contributed by atoms with Gasteiger partial charge in [-0.2, -0.15) is 0 Å². The number of aromatic nitrogens is 1. The molecule has 1 saturated heterocycles. The zero-order valence-corrected chi connectivity index (χ0v) is 15.0. The number of pyridine rings is 1. The second kappa shape index (κ2) is 7.09. The maximum absolute atomic E-state index is 13.0. The first-order chi connectivity index (χ1) is 13.2. The van der Waals surface area contributed by atoms with Crippen molar-refractivity contribution in [1.29, 1.82) is 0 Å². The van der Waals surface area contributed by atoms with Crippen LogP contribution < -0.4 is 4.90 Å². The number of carbonyl (C=O) groups excluding carboxylic acids is 2. The number of anilines is 1. The molecule has 0 bridgehead atoms. The number of likely N-dealkylation sites (tertiary alicyclic amines) is 1. The molecule has 1 aromatic heterocycles. The zero-order valence-electron chi connectivity index (χ0n) is 15.0. The zero-order chi connectivity index (χ0) is 19.0. The molecule has 1 N–H and O–H groups in total. The number of methoxy groups -OCH3 is 1. The van der Waals surface area contributed by atoms with E-state index in [1.54, 1.807) is 34.3 Å².